The standard InChI is InChI=1S/C28H25ClN6O3S/c29-24-13-12-20(18-26(24)36)27-23(19-35(34-27)21-8-3-1-4-9-21)25-14-17-31-28(33-25)30-15-7-16-32-39(37,38)22-10-5-2-6-11-22/h1-6,8-14,17-19,32,36H,7,15-16H2,(H,30,31,33). The summed E-state index contributed by atoms with van der Waals surface area (Å²) in [4.78, 5) is 9.21. The largest absolute Gasteiger partial charge is 0.506 e. The zero-order chi connectivity index (χ0) is 27.2. The molecule has 0 aliphatic heterocycles. The number of rotatable bonds is 10. The van der Waals surface area contributed by atoms with Gasteiger partial charge in [0.05, 0.1) is 21.3 Å². The first-order chi connectivity index (χ1) is 18.9. The molecule has 0 spiro atoms. The summed E-state index contributed by atoms with van der Waals surface area (Å²) in [5, 5.41) is 18.4. The van der Waals surface area contributed by atoms with Crippen molar-refractivity contribution in [3.8, 4) is 34.0 Å². The zero-order valence-electron chi connectivity index (χ0n) is 20.7. The summed E-state index contributed by atoms with van der Waals surface area (Å²) in [6.07, 6.45) is 4.05. The Kier molecular flexibility index (Phi) is 7.87. The van der Waals surface area contributed by atoms with Gasteiger partial charge in [-0.3, -0.25) is 0 Å². The number of anilines is 1. The molecule has 0 fully saturated rings. The summed E-state index contributed by atoms with van der Waals surface area (Å²) in [6.45, 7) is 0.722. The average molecular weight is 561 g/mol. The second-order valence-corrected chi connectivity index (χ2v) is 10.8. The van der Waals surface area contributed by atoms with Crippen molar-refractivity contribution in [1.82, 2.24) is 24.5 Å². The maximum absolute atomic E-state index is 12.4. The van der Waals surface area contributed by atoms with Gasteiger partial charge in [0, 0.05) is 36.6 Å². The van der Waals surface area contributed by atoms with Crippen LogP contribution < -0.4 is 10.0 Å². The van der Waals surface area contributed by atoms with Gasteiger partial charge in [0.2, 0.25) is 16.0 Å². The van der Waals surface area contributed by atoms with Crippen molar-refractivity contribution in [1.29, 1.82) is 0 Å². The highest BCUT2D eigenvalue weighted by molar-refractivity contribution is 7.89. The fourth-order valence-corrected chi connectivity index (χ4v) is 5.13. The number of aromatic nitrogens is 4. The summed E-state index contributed by atoms with van der Waals surface area (Å²) in [7, 11) is -3.55. The first-order valence-electron chi connectivity index (χ1n) is 12.2. The van der Waals surface area contributed by atoms with Crippen LogP contribution in [0.4, 0.5) is 5.95 Å². The molecule has 0 atom stereocenters. The number of nitrogens with zero attached hydrogens (tertiary/aromatic N) is 4. The molecule has 198 valence electrons. The summed E-state index contributed by atoms with van der Waals surface area (Å²) in [6, 6.07) is 24.7. The van der Waals surface area contributed by atoms with Gasteiger partial charge in [-0.25, -0.2) is 27.8 Å². The molecule has 9 nitrogen and oxygen atoms in total. The Morgan fingerprint density at radius 1 is 0.923 bits per heavy atom. The van der Waals surface area contributed by atoms with Gasteiger partial charge in [-0.2, -0.15) is 5.10 Å². The minimum Gasteiger partial charge on any atom is -0.506 e. The molecule has 0 amide bonds. The number of para-hydroxylation sites is 1. The number of nitrogens with one attached hydrogen (secondary N) is 2. The third-order valence-corrected chi connectivity index (χ3v) is 7.66. The van der Waals surface area contributed by atoms with Crippen molar-refractivity contribution in [2.24, 2.45) is 0 Å². The van der Waals surface area contributed by atoms with Crippen LogP contribution in [-0.4, -0.2) is 46.4 Å². The van der Waals surface area contributed by atoms with E-state index in [2.05, 4.69) is 20.0 Å². The number of sulfonamides is 1. The van der Waals surface area contributed by atoms with Gasteiger partial charge < -0.3 is 10.4 Å². The van der Waals surface area contributed by atoms with Crippen LogP contribution in [0, 0.1) is 0 Å². The fourth-order valence-electron chi connectivity index (χ4n) is 3.92. The molecule has 0 aliphatic rings. The molecule has 3 N–H and O–H groups in total. The molecular weight excluding hydrogens is 536 g/mol. The number of phenols is 1. The molecule has 39 heavy (non-hydrogen) atoms. The van der Waals surface area contributed by atoms with Crippen LogP contribution in [-0.2, 0) is 10.0 Å². The van der Waals surface area contributed by atoms with Crippen LogP contribution in [0.1, 0.15) is 6.42 Å². The zero-order valence-corrected chi connectivity index (χ0v) is 22.3. The van der Waals surface area contributed by atoms with Gasteiger partial charge >= 0.3 is 0 Å². The van der Waals surface area contributed by atoms with E-state index >= 15 is 0 Å². The fraction of sp³-hybridized carbons (Fsp3) is 0.107. The Bertz CT molecular complexity index is 1680. The van der Waals surface area contributed by atoms with Crippen molar-refractivity contribution in [2.45, 2.75) is 11.3 Å². The molecule has 2 aromatic heterocycles. The highest BCUT2D eigenvalue weighted by atomic mass is 35.5. The number of benzene rings is 3. The Labute approximate surface area is 231 Å². The molecular formula is C28H25ClN6O3S. The van der Waals surface area contributed by atoms with Gasteiger partial charge in [-0.1, -0.05) is 54.1 Å². The molecule has 11 heteroatoms. The van der Waals surface area contributed by atoms with Crippen LogP contribution in [0.5, 0.6) is 5.75 Å². The molecule has 0 saturated heterocycles. The maximum Gasteiger partial charge on any atom is 0.240 e. The van der Waals surface area contributed by atoms with E-state index in [4.69, 9.17) is 16.7 Å². The molecule has 5 aromatic rings. The lowest BCUT2D eigenvalue weighted by Crippen LogP contribution is -2.26. The Morgan fingerprint density at radius 2 is 1.67 bits per heavy atom. The van der Waals surface area contributed by atoms with Gasteiger partial charge in [0.15, 0.2) is 0 Å². The van der Waals surface area contributed by atoms with Crippen LogP contribution in [0.2, 0.25) is 5.02 Å². The first kappa shape index (κ1) is 26.4. The third kappa shape index (κ3) is 6.26. The SMILES string of the molecule is O=S(=O)(NCCCNc1nccc(-c2cn(-c3ccccc3)nc2-c2ccc(Cl)c(O)c2)n1)c1ccccc1. The topological polar surface area (TPSA) is 122 Å². The molecule has 0 aliphatic carbocycles. The first-order valence-corrected chi connectivity index (χ1v) is 14.0. The molecule has 0 saturated carbocycles. The predicted octanol–water partition coefficient (Wildman–Crippen LogP) is 5.14. The summed E-state index contributed by atoms with van der Waals surface area (Å²) in [5.74, 6) is 0.359. The van der Waals surface area contributed by atoms with E-state index in [0.29, 0.717) is 35.9 Å². The van der Waals surface area contributed by atoms with Gasteiger partial charge in [-0.05, 0) is 48.9 Å². The van der Waals surface area contributed by atoms with Crippen molar-refractivity contribution in [3.63, 3.8) is 0 Å². The number of phenolic OH excluding ortho intramolecular Hbond substituents is 1. The van der Waals surface area contributed by atoms with Gasteiger partial charge in [0.1, 0.15) is 11.4 Å². The van der Waals surface area contributed by atoms with Crippen LogP contribution >= 0.6 is 11.6 Å². The van der Waals surface area contributed by atoms with E-state index in [9.17, 15) is 13.5 Å². The minimum absolute atomic E-state index is 0.0395. The number of hydrogen-bond acceptors (Lipinski definition) is 7. The lowest BCUT2D eigenvalue weighted by molar-refractivity contribution is 0.476. The number of halogens is 1. The van der Waals surface area contributed by atoms with Crippen LogP contribution in [0.3, 0.4) is 0 Å². The van der Waals surface area contributed by atoms with Crippen molar-refractivity contribution in [2.75, 3.05) is 18.4 Å². The molecule has 5 rings (SSSR count). The molecule has 3 aromatic carbocycles. The molecule has 0 bridgehead atoms. The van der Waals surface area contributed by atoms with E-state index in [1.54, 1.807) is 65.5 Å². The quantitative estimate of drug-likeness (QED) is 0.202. The predicted molar refractivity (Wildman–Crippen MR) is 151 cm³/mol. The van der Waals surface area contributed by atoms with Crippen molar-refractivity contribution >= 4 is 27.6 Å². The smallest absolute Gasteiger partial charge is 0.240 e. The van der Waals surface area contributed by atoms with Crippen molar-refractivity contribution in [3.05, 3.63) is 102 Å². The minimum atomic E-state index is -3.55. The normalized spacial score (nSPS) is 11.4. The average Bonchev–Trinajstić information content (AvgIpc) is 3.41. The monoisotopic (exact) mass is 560 g/mol. The molecule has 0 radical (unpaired) electrons. The Morgan fingerprint density at radius 3 is 2.41 bits per heavy atom. The molecule has 0 unspecified atom stereocenters. The van der Waals surface area contributed by atoms with E-state index in [0.717, 1.165) is 11.3 Å². The van der Waals surface area contributed by atoms with E-state index in [1.165, 1.54) is 0 Å². The Balaban J connectivity index is 1.33. The third-order valence-electron chi connectivity index (χ3n) is 5.87. The van der Waals surface area contributed by atoms with Crippen LogP contribution in [0.25, 0.3) is 28.2 Å². The van der Waals surface area contributed by atoms with Gasteiger partial charge in [-0.15, -0.1) is 0 Å². The van der Waals surface area contributed by atoms with E-state index in [-0.39, 0.29) is 22.2 Å². The van der Waals surface area contributed by atoms with Crippen molar-refractivity contribution < 1.29 is 13.5 Å². The number of aromatic hydroxyl groups is 1. The Hall–Kier alpha value is -4.25. The highest BCUT2D eigenvalue weighted by Gasteiger charge is 2.17. The highest BCUT2D eigenvalue weighted by Crippen LogP contribution is 2.35. The lowest BCUT2D eigenvalue weighted by atomic mass is 10.1. The van der Waals surface area contributed by atoms with E-state index in [1.807, 2.05) is 36.5 Å². The second-order valence-electron chi connectivity index (χ2n) is 8.59. The summed E-state index contributed by atoms with van der Waals surface area (Å²) < 4.78 is 29.1. The maximum atomic E-state index is 12.4. The van der Waals surface area contributed by atoms with Crippen LogP contribution in [0.15, 0.2) is 102 Å². The number of hydrogen-bond donors (Lipinski definition) is 3. The van der Waals surface area contributed by atoms with E-state index < -0.39 is 10.0 Å². The summed E-state index contributed by atoms with van der Waals surface area (Å²) >= 11 is 6.03. The molecule has 2 heterocycles. The van der Waals surface area contributed by atoms with Gasteiger partial charge in [0.25, 0.3) is 0 Å². The second kappa shape index (κ2) is 11.6. The summed E-state index contributed by atoms with van der Waals surface area (Å²) in [5.41, 5.74) is 3.53. The lowest BCUT2D eigenvalue weighted by Gasteiger charge is -2.09.